The van der Waals surface area contributed by atoms with Crippen LogP contribution in [0, 0.1) is 0 Å². The first-order chi connectivity index (χ1) is 27.8. The summed E-state index contributed by atoms with van der Waals surface area (Å²) in [5.74, 6) is 1.43. The largest absolute Gasteiger partial charge is 0.437 e. The number of hydrogen-bond acceptors (Lipinski definition) is 4. The lowest BCUT2D eigenvalue weighted by Gasteiger charge is -2.13. The van der Waals surface area contributed by atoms with E-state index in [0.29, 0.717) is 11.5 Å². The van der Waals surface area contributed by atoms with Crippen molar-refractivity contribution >= 4 is 108 Å². The average Bonchev–Trinajstić information content (AvgIpc) is 3.98. The molecule has 0 saturated heterocycles. The summed E-state index contributed by atoms with van der Waals surface area (Å²) < 4.78 is 14.0. The van der Waals surface area contributed by atoms with E-state index in [2.05, 4.69) is 155 Å². The number of fused-ring (bicyclic) bond motifs is 7. The first kappa shape index (κ1) is 29.1. The van der Waals surface area contributed by atoms with Crippen LogP contribution in [0.3, 0.4) is 0 Å². The number of nitrogens with zero attached hydrogens (tertiary/aromatic N) is 4. The summed E-state index contributed by atoms with van der Waals surface area (Å²) >= 11 is 1.88. The summed E-state index contributed by atoms with van der Waals surface area (Å²) in [5.41, 5.74) is 10.5. The van der Waals surface area contributed by atoms with Gasteiger partial charge in [-0.05, 0) is 76.5 Å². The van der Waals surface area contributed by atoms with E-state index in [0.717, 1.165) is 55.5 Å². The molecule has 258 valence electrons. The second-order valence-electron chi connectivity index (χ2n) is 14.9. The summed E-state index contributed by atoms with van der Waals surface area (Å²) in [6.07, 6.45) is 0. The zero-order valence-electron chi connectivity index (χ0n) is 29.6. The zero-order chi connectivity index (χ0) is 36.2. The Morgan fingerprint density at radius 2 is 1.18 bits per heavy atom. The molecule has 0 radical (unpaired) electrons. The van der Waals surface area contributed by atoms with Crippen molar-refractivity contribution in [1.82, 2.24) is 19.1 Å². The lowest BCUT2D eigenvalue weighted by molar-refractivity contribution is 0.653. The first-order valence-electron chi connectivity index (χ1n) is 18.9. The van der Waals surface area contributed by atoms with Crippen molar-refractivity contribution in [2.45, 2.75) is 0 Å². The van der Waals surface area contributed by atoms with Gasteiger partial charge in [0, 0.05) is 58.4 Å². The molecule has 6 heteroatoms. The molecular formula is C50H26N4OS. The third-order valence-corrected chi connectivity index (χ3v) is 13.2. The Kier molecular flexibility index (Phi) is 5.34. The molecular weight excluding hydrogens is 705 g/mol. The van der Waals surface area contributed by atoms with Crippen LogP contribution in [0.2, 0.25) is 0 Å². The van der Waals surface area contributed by atoms with Crippen molar-refractivity contribution < 1.29 is 4.42 Å². The molecule has 0 unspecified atom stereocenters. The van der Waals surface area contributed by atoms with E-state index in [1.54, 1.807) is 0 Å². The van der Waals surface area contributed by atoms with Crippen LogP contribution in [0.25, 0.3) is 131 Å². The molecule has 0 aliphatic heterocycles. The number of aromatic nitrogens is 4. The molecule has 0 N–H and O–H groups in total. The van der Waals surface area contributed by atoms with Crippen LogP contribution in [-0.4, -0.2) is 19.1 Å². The second kappa shape index (κ2) is 10.3. The van der Waals surface area contributed by atoms with Crippen molar-refractivity contribution in [2.75, 3.05) is 0 Å². The molecule has 5 heterocycles. The van der Waals surface area contributed by atoms with Gasteiger partial charge in [0.1, 0.15) is 5.58 Å². The van der Waals surface area contributed by atoms with Gasteiger partial charge in [-0.1, -0.05) is 103 Å². The van der Waals surface area contributed by atoms with Gasteiger partial charge >= 0.3 is 0 Å². The van der Waals surface area contributed by atoms with Crippen LogP contribution < -0.4 is 0 Å². The SMILES string of the molecule is c1ccc(-n2c3ccccc3c3ccc(-c4nc(-n5c6ccc7cccc8c7c6c6c7c(ccc65)sc5cccc-8c57)c5c(n4)oc4ccccc45)cc32)cc1. The Labute approximate surface area is 321 Å². The molecule has 5 aromatic heterocycles. The van der Waals surface area contributed by atoms with E-state index < -0.39 is 0 Å². The Bertz CT molecular complexity index is 3880. The minimum absolute atomic E-state index is 0.572. The molecule has 8 aromatic carbocycles. The van der Waals surface area contributed by atoms with E-state index in [9.17, 15) is 0 Å². The fourth-order valence-electron chi connectivity index (χ4n) is 9.81. The molecule has 14 rings (SSSR count). The molecule has 0 bridgehead atoms. The van der Waals surface area contributed by atoms with E-state index >= 15 is 0 Å². The summed E-state index contributed by atoms with van der Waals surface area (Å²) in [6, 6.07) is 56.7. The Morgan fingerprint density at radius 1 is 0.446 bits per heavy atom. The fourth-order valence-corrected chi connectivity index (χ4v) is 11.0. The standard InChI is InChI=1S/C50H26N4OS/c1-2-11-29(12-3-1)53-35-17-6-4-13-30(35)31-22-20-28(26-38(31)53)48-51-49(44-34-14-5-7-18-39(34)55-50(44)52-48)54-36-23-21-27-10-8-15-32-33-16-9-19-40-43(33)47-41(56-40)25-24-37(54)46(47)45(36)42(27)32/h1-26H. The van der Waals surface area contributed by atoms with Gasteiger partial charge < -0.3 is 8.98 Å². The third kappa shape index (κ3) is 3.56. The molecule has 0 spiro atoms. The summed E-state index contributed by atoms with van der Waals surface area (Å²) in [7, 11) is 0. The van der Waals surface area contributed by atoms with Crippen molar-refractivity contribution in [2.24, 2.45) is 0 Å². The maximum Gasteiger partial charge on any atom is 0.233 e. The minimum atomic E-state index is 0.572. The molecule has 0 fully saturated rings. The Morgan fingerprint density at radius 3 is 2.09 bits per heavy atom. The maximum absolute atomic E-state index is 6.63. The maximum atomic E-state index is 6.63. The molecule has 0 saturated carbocycles. The van der Waals surface area contributed by atoms with Crippen molar-refractivity contribution in [3.63, 3.8) is 0 Å². The Balaban J connectivity index is 1.14. The van der Waals surface area contributed by atoms with Crippen LogP contribution in [-0.2, 0) is 0 Å². The van der Waals surface area contributed by atoms with Gasteiger partial charge in [-0.15, -0.1) is 11.3 Å². The van der Waals surface area contributed by atoms with Gasteiger partial charge in [0.25, 0.3) is 0 Å². The highest BCUT2D eigenvalue weighted by Crippen LogP contribution is 2.52. The van der Waals surface area contributed by atoms with E-state index in [1.807, 2.05) is 23.5 Å². The van der Waals surface area contributed by atoms with Gasteiger partial charge in [0.2, 0.25) is 5.71 Å². The van der Waals surface area contributed by atoms with Crippen molar-refractivity contribution in [3.8, 4) is 34.0 Å². The van der Waals surface area contributed by atoms with Gasteiger partial charge in [-0.2, -0.15) is 4.98 Å². The predicted molar refractivity (Wildman–Crippen MR) is 233 cm³/mol. The summed E-state index contributed by atoms with van der Waals surface area (Å²) in [4.78, 5) is 10.8. The predicted octanol–water partition coefficient (Wildman–Crippen LogP) is 13.7. The number of hydrogen-bond donors (Lipinski definition) is 0. The van der Waals surface area contributed by atoms with Crippen molar-refractivity contribution in [1.29, 1.82) is 0 Å². The van der Waals surface area contributed by atoms with Gasteiger partial charge in [-0.25, -0.2) is 4.98 Å². The lowest BCUT2D eigenvalue weighted by Crippen LogP contribution is -2.02. The van der Waals surface area contributed by atoms with Gasteiger partial charge in [0.05, 0.1) is 27.5 Å². The molecule has 1 aliphatic rings. The highest BCUT2D eigenvalue weighted by atomic mass is 32.1. The molecule has 0 amide bonds. The molecule has 5 nitrogen and oxygen atoms in total. The van der Waals surface area contributed by atoms with Crippen LogP contribution in [0.15, 0.2) is 162 Å². The van der Waals surface area contributed by atoms with E-state index in [1.165, 1.54) is 63.6 Å². The smallest absolute Gasteiger partial charge is 0.233 e. The van der Waals surface area contributed by atoms with Crippen LogP contribution >= 0.6 is 11.3 Å². The molecule has 1 aliphatic carbocycles. The first-order valence-corrected chi connectivity index (χ1v) is 19.7. The fraction of sp³-hybridized carbons (Fsp3) is 0. The number of para-hydroxylation sites is 3. The number of furan rings is 1. The van der Waals surface area contributed by atoms with E-state index in [4.69, 9.17) is 14.4 Å². The normalized spacial score (nSPS) is 12.6. The third-order valence-electron chi connectivity index (χ3n) is 12.1. The van der Waals surface area contributed by atoms with Crippen LogP contribution in [0.1, 0.15) is 0 Å². The molecule has 56 heavy (non-hydrogen) atoms. The molecule has 0 atom stereocenters. The highest BCUT2D eigenvalue weighted by molar-refractivity contribution is 7.26. The minimum Gasteiger partial charge on any atom is -0.437 e. The summed E-state index contributed by atoms with van der Waals surface area (Å²) in [6.45, 7) is 0. The van der Waals surface area contributed by atoms with Gasteiger partial charge in [0.15, 0.2) is 11.6 Å². The highest BCUT2D eigenvalue weighted by Gasteiger charge is 2.28. The van der Waals surface area contributed by atoms with Crippen LogP contribution in [0.4, 0.5) is 0 Å². The Hall–Kier alpha value is -7.28. The quantitative estimate of drug-likeness (QED) is 0.182. The monoisotopic (exact) mass is 730 g/mol. The van der Waals surface area contributed by atoms with Gasteiger partial charge in [-0.3, -0.25) is 4.57 Å². The van der Waals surface area contributed by atoms with Crippen LogP contribution in [0.5, 0.6) is 0 Å². The zero-order valence-corrected chi connectivity index (χ0v) is 30.4. The number of thiophene rings is 1. The number of rotatable bonds is 3. The summed E-state index contributed by atoms with van der Waals surface area (Å²) in [5, 5.41) is 12.0. The molecule has 13 aromatic rings. The van der Waals surface area contributed by atoms with Crippen molar-refractivity contribution in [3.05, 3.63) is 158 Å². The second-order valence-corrected chi connectivity index (χ2v) is 16.0. The number of benzene rings is 8. The van der Waals surface area contributed by atoms with E-state index in [-0.39, 0.29) is 0 Å². The average molecular weight is 731 g/mol. The topological polar surface area (TPSA) is 48.8 Å². The lowest BCUT2D eigenvalue weighted by atomic mass is 9.95.